The van der Waals surface area contributed by atoms with Crippen molar-refractivity contribution in [3.8, 4) is 0 Å². The van der Waals surface area contributed by atoms with Crippen molar-refractivity contribution in [2.24, 2.45) is 0 Å². The molecule has 0 unspecified atom stereocenters. The van der Waals surface area contributed by atoms with Gasteiger partial charge in [0.1, 0.15) is 5.69 Å². The molecule has 0 N–H and O–H groups in total. The van der Waals surface area contributed by atoms with E-state index < -0.39 is 0 Å². The molecule has 1 heterocycles. The summed E-state index contributed by atoms with van der Waals surface area (Å²) in [6, 6.07) is 2.13. The molecule has 0 bridgehead atoms. The van der Waals surface area contributed by atoms with Crippen molar-refractivity contribution in [2.75, 3.05) is 0 Å². The van der Waals surface area contributed by atoms with Crippen LogP contribution in [-0.2, 0) is 0 Å². The van der Waals surface area contributed by atoms with Crippen molar-refractivity contribution in [3.63, 3.8) is 0 Å². The largest absolute Gasteiger partial charge is 0.287 e. The Kier molecular flexibility index (Phi) is 3.35. The molecule has 18 heavy (non-hydrogen) atoms. The van der Waals surface area contributed by atoms with Crippen LogP contribution in [0.4, 0.5) is 0 Å². The van der Waals surface area contributed by atoms with Gasteiger partial charge in [0, 0.05) is 10.9 Å². The van der Waals surface area contributed by atoms with E-state index in [4.69, 9.17) is 0 Å². The second-order valence-electron chi connectivity index (χ2n) is 4.72. The van der Waals surface area contributed by atoms with Gasteiger partial charge in [-0.25, -0.2) is 4.98 Å². The molecule has 1 aromatic heterocycles. The van der Waals surface area contributed by atoms with Crippen LogP contribution < -0.4 is 0 Å². The molecule has 0 amide bonds. The van der Waals surface area contributed by atoms with Crippen LogP contribution in [0.25, 0.3) is 0 Å². The van der Waals surface area contributed by atoms with Gasteiger partial charge in [-0.05, 0) is 56.9 Å². The van der Waals surface area contributed by atoms with Gasteiger partial charge in [0.25, 0.3) is 0 Å². The molecule has 0 spiro atoms. The lowest BCUT2D eigenvalue weighted by Gasteiger charge is -2.13. The Labute approximate surface area is 112 Å². The second-order valence-corrected chi connectivity index (χ2v) is 5.78. The Morgan fingerprint density at radius 3 is 2.06 bits per heavy atom. The third-order valence-electron chi connectivity index (χ3n) is 3.44. The number of carbonyl (C=O) groups excluding carboxylic acids is 1. The molecule has 0 fully saturated rings. The minimum Gasteiger partial charge on any atom is -0.287 e. The van der Waals surface area contributed by atoms with E-state index in [2.05, 4.69) is 11.1 Å². The quantitative estimate of drug-likeness (QED) is 0.765. The van der Waals surface area contributed by atoms with E-state index in [9.17, 15) is 4.79 Å². The van der Waals surface area contributed by atoms with Crippen molar-refractivity contribution in [3.05, 3.63) is 50.0 Å². The monoisotopic (exact) mass is 259 g/mol. The molecule has 0 saturated heterocycles. The van der Waals surface area contributed by atoms with Crippen molar-refractivity contribution < 1.29 is 4.79 Å². The molecular weight excluding hydrogens is 242 g/mol. The van der Waals surface area contributed by atoms with Gasteiger partial charge in [0.2, 0.25) is 5.78 Å². The van der Waals surface area contributed by atoms with Gasteiger partial charge in [-0.1, -0.05) is 6.07 Å². The van der Waals surface area contributed by atoms with Crippen LogP contribution in [0, 0.1) is 34.6 Å². The smallest absolute Gasteiger partial charge is 0.212 e. The fraction of sp³-hybridized carbons (Fsp3) is 0.333. The summed E-state index contributed by atoms with van der Waals surface area (Å²) < 4.78 is 0. The van der Waals surface area contributed by atoms with Gasteiger partial charge in [0.15, 0.2) is 0 Å². The number of benzene rings is 1. The number of ketones is 1. The predicted molar refractivity (Wildman–Crippen MR) is 75.7 cm³/mol. The SMILES string of the molecule is Cc1nc(C(=O)c2c(C)c(C)cc(C)c2C)cs1. The molecule has 2 aromatic rings. The first-order chi connectivity index (χ1) is 8.41. The number of hydrogen-bond donors (Lipinski definition) is 0. The molecule has 94 valence electrons. The van der Waals surface area contributed by atoms with Crippen molar-refractivity contribution in [1.82, 2.24) is 4.98 Å². The fourth-order valence-electron chi connectivity index (χ4n) is 2.15. The van der Waals surface area contributed by atoms with E-state index in [0.29, 0.717) is 5.69 Å². The van der Waals surface area contributed by atoms with E-state index in [1.807, 2.05) is 40.0 Å². The molecular formula is C15H17NOS. The first kappa shape index (κ1) is 13.0. The normalized spacial score (nSPS) is 10.7. The molecule has 0 radical (unpaired) electrons. The van der Waals surface area contributed by atoms with Gasteiger partial charge < -0.3 is 0 Å². The van der Waals surface area contributed by atoms with Gasteiger partial charge in [-0.15, -0.1) is 11.3 Å². The Bertz CT molecular complexity index is 599. The number of rotatable bonds is 2. The van der Waals surface area contributed by atoms with E-state index in [1.165, 1.54) is 11.3 Å². The van der Waals surface area contributed by atoms with Crippen LogP contribution in [0.2, 0.25) is 0 Å². The van der Waals surface area contributed by atoms with Crippen molar-refractivity contribution in [2.45, 2.75) is 34.6 Å². The summed E-state index contributed by atoms with van der Waals surface area (Å²) in [4.78, 5) is 16.8. The number of aromatic nitrogens is 1. The maximum atomic E-state index is 12.5. The van der Waals surface area contributed by atoms with Crippen LogP contribution in [0.15, 0.2) is 11.4 Å². The summed E-state index contributed by atoms with van der Waals surface area (Å²) >= 11 is 1.52. The van der Waals surface area contributed by atoms with Crippen LogP contribution >= 0.6 is 11.3 Å². The van der Waals surface area contributed by atoms with E-state index in [1.54, 1.807) is 0 Å². The molecule has 0 saturated carbocycles. The predicted octanol–water partition coefficient (Wildman–Crippen LogP) is 3.92. The zero-order chi connectivity index (χ0) is 13.4. The molecule has 0 aliphatic heterocycles. The Morgan fingerprint density at radius 1 is 1.06 bits per heavy atom. The van der Waals surface area contributed by atoms with Crippen LogP contribution in [0.5, 0.6) is 0 Å². The second kappa shape index (κ2) is 4.65. The Morgan fingerprint density at radius 2 is 1.61 bits per heavy atom. The highest BCUT2D eigenvalue weighted by Crippen LogP contribution is 2.24. The minimum atomic E-state index is 0.0427. The maximum Gasteiger partial charge on any atom is 0.212 e. The highest BCUT2D eigenvalue weighted by atomic mass is 32.1. The molecule has 2 nitrogen and oxygen atoms in total. The average Bonchev–Trinajstić information content (AvgIpc) is 2.73. The lowest BCUT2D eigenvalue weighted by Crippen LogP contribution is -2.09. The first-order valence-corrected chi connectivity index (χ1v) is 6.84. The average molecular weight is 259 g/mol. The molecule has 0 atom stereocenters. The van der Waals surface area contributed by atoms with Gasteiger partial charge in [-0.3, -0.25) is 4.79 Å². The van der Waals surface area contributed by atoms with Crippen molar-refractivity contribution >= 4 is 17.1 Å². The summed E-state index contributed by atoms with van der Waals surface area (Å²) in [6.45, 7) is 10.0. The number of nitrogens with zero attached hydrogens (tertiary/aromatic N) is 1. The topological polar surface area (TPSA) is 30.0 Å². The zero-order valence-corrected chi connectivity index (χ0v) is 12.2. The highest BCUT2D eigenvalue weighted by Gasteiger charge is 2.19. The van der Waals surface area contributed by atoms with Gasteiger partial charge in [-0.2, -0.15) is 0 Å². The van der Waals surface area contributed by atoms with Crippen LogP contribution in [0.1, 0.15) is 43.3 Å². The summed E-state index contributed by atoms with van der Waals surface area (Å²) in [5, 5.41) is 2.77. The van der Waals surface area contributed by atoms with Crippen LogP contribution in [-0.4, -0.2) is 10.8 Å². The Hall–Kier alpha value is -1.48. The fourth-order valence-corrected chi connectivity index (χ4v) is 2.75. The summed E-state index contributed by atoms with van der Waals surface area (Å²) in [6.07, 6.45) is 0. The molecule has 2 rings (SSSR count). The molecule has 3 heteroatoms. The van der Waals surface area contributed by atoms with Gasteiger partial charge in [0.05, 0.1) is 5.01 Å². The number of thiazole rings is 1. The van der Waals surface area contributed by atoms with Crippen molar-refractivity contribution in [1.29, 1.82) is 0 Å². The van der Waals surface area contributed by atoms with E-state index >= 15 is 0 Å². The minimum absolute atomic E-state index is 0.0427. The number of aryl methyl sites for hydroxylation is 3. The Balaban J connectivity index is 2.61. The third-order valence-corrected chi connectivity index (χ3v) is 4.22. The summed E-state index contributed by atoms with van der Waals surface area (Å²) in [5.41, 5.74) is 5.83. The van der Waals surface area contributed by atoms with E-state index in [-0.39, 0.29) is 5.78 Å². The molecule has 0 aliphatic rings. The lowest BCUT2D eigenvalue weighted by molar-refractivity contribution is 0.103. The lowest BCUT2D eigenvalue weighted by atomic mass is 9.91. The summed E-state index contributed by atoms with van der Waals surface area (Å²) in [7, 11) is 0. The third kappa shape index (κ3) is 2.10. The summed E-state index contributed by atoms with van der Waals surface area (Å²) in [5.74, 6) is 0.0427. The molecule has 1 aromatic carbocycles. The maximum absolute atomic E-state index is 12.5. The number of carbonyl (C=O) groups is 1. The van der Waals surface area contributed by atoms with Gasteiger partial charge >= 0.3 is 0 Å². The zero-order valence-electron chi connectivity index (χ0n) is 11.4. The first-order valence-electron chi connectivity index (χ1n) is 5.96. The standard InChI is InChI=1S/C15H17NOS/c1-8-6-9(2)11(4)14(10(8)3)15(17)13-7-18-12(5)16-13/h6-7H,1-5H3. The molecule has 0 aliphatic carbocycles. The highest BCUT2D eigenvalue weighted by molar-refractivity contribution is 7.09. The number of hydrogen-bond acceptors (Lipinski definition) is 3. The van der Waals surface area contributed by atoms with Crippen LogP contribution in [0.3, 0.4) is 0 Å². The van der Waals surface area contributed by atoms with E-state index in [0.717, 1.165) is 32.8 Å².